The van der Waals surface area contributed by atoms with Crippen LogP contribution in [0.25, 0.3) is 0 Å². The molecule has 0 radical (unpaired) electrons. The van der Waals surface area contributed by atoms with E-state index in [9.17, 15) is 4.79 Å². The molecule has 0 unspecified atom stereocenters. The number of carbonyl (C=O) groups excluding carboxylic acids is 1. The zero-order valence-electron chi connectivity index (χ0n) is 11.3. The van der Waals surface area contributed by atoms with Crippen molar-refractivity contribution in [3.8, 4) is 0 Å². The summed E-state index contributed by atoms with van der Waals surface area (Å²) in [6.07, 6.45) is 2.09. The molecule has 18 heavy (non-hydrogen) atoms. The number of rotatable bonds is 6. The third kappa shape index (κ3) is 3.57. The van der Waals surface area contributed by atoms with Crippen molar-refractivity contribution in [3.05, 3.63) is 29.8 Å². The molecule has 1 aliphatic rings. The molecule has 0 bridgehead atoms. The first kappa shape index (κ1) is 13.1. The van der Waals surface area contributed by atoms with Gasteiger partial charge < -0.3 is 5.32 Å². The van der Waals surface area contributed by atoms with E-state index >= 15 is 0 Å². The molecule has 1 aliphatic carbocycles. The van der Waals surface area contributed by atoms with Crippen LogP contribution in [0.1, 0.15) is 32.3 Å². The van der Waals surface area contributed by atoms with Crippen LogP contribution in [-0.2, 0) is 11.3 Å². The topological polar surface area (TPSA) is 32.3 Å². The van der Waals surface area contributed by atoms with E-state index in [1.54, 1.807) is 0 Å². The summed E-state index contributed by atoms with van der Waals surface area (Å²) in [4.78, 5) is 14.1. The highest BCUT2D eigenvalue weighted by molar-refractivity contribution is 5.94. The highest BCUT2D eigenvalue weighted by atomic mass is 16.2. The third-order valence-corrected chi connectivity index (χ3v) is 3.44. The first-order chi connectivity index (χ1) is 8.72. The van der Waals surface area contributed by atoms with Gasteiger partial charge in [-0.3, -0.25) is 9.69 Å². The molecule has 2 rings (SSSR count). The highest BCUT2D eigenvalue weighted by Gasteiger charge is 2.29. The van der Waals surface area contributed by atoms with Gasteiger partial charge in [-0.15, -0.1) is 0 Å². The molecule has 0 atom stereocenters. The Labute approximate surface area is 109 Å². The molecule has 0 aromatic heterocycles. The Balaban J connectivity index is 1.97. The molecule has 1 amide bonds. The molecule has 0 aliphatic heterocycles. The molecule has 1 fully saturated rings. The Morgan fingerprint density at radius 2 is 2.06 bits per heavy atom. The smallest absolute Gasteiger partial charge is 0.227 e. The minimum Gasteiger partial charge on any atom is -0.326 e. The van der Waals surface area contributed by atoms with Crippen LogP contribution in [0.3, 0.4) is 0 Å². The molecule has 1 aromatic carbocycles. The second-order valence-electron chi connectivity index (χ2n) is 4.93. The first-order valence-corrected chi connectivity index (χ1v) is 6.85. The Morgan fingerprint density at radius 3 is 2.67 bits per heavy atom. The first-order valence-electron chi connectivity index (χ1n) is 6.85. The summed E-state index contributed by atoms with van der Waals surface area (Å²) in [5, 5.41) is 3.00. The van der Waals surface area contributed by atoms with E-state index in [1.807, 2.05) is 12.1 Å². The molecule has 3 heteroatoms. The normalized spacial score (nSPS) is 14.8. The van der Waals surface area contributed by atoms with Crippen molar-refractivity contribution in [1.82, 2.24) is 4.90 Å². The van der Waals surface area contributed by atoms with Gasteiger partial charge in [-0.2, -0.15) is 0 Å². The standard InChI is InChI=1S/C15H22N2O/c1-3-17(4-2)11-12-6-5-7-14(10-12)16-15(18)13-8-9-13/h5-7,10,13H,3-4,8-9,11H2,1-2H3,(H,16,18). The van der Waals surface area contributed by atoms with Crippen molar-refractivity contribution in [2.75, 3.05) is 18.4 Å². The van der Waals surface area contributed by atoms with E-state index in [-0.39, 0.29) is 11.8 Å². The maximum absolute atomic E-state index is 11.7. The van der Waals surface area contributed by atoms with Crippen LogP contribution in [0.5, 0.6) is 0 Å². The second kappa shape index (κ2) is 6.01. The van der Waals surface area contributed by atoms with Crippen LogP contribution in [-0.4, -0.2) is 23.9 Å². The predicted molar refractivity (Wildman–Crippen MR) is 74.4 cm³/mol. The van der Waals surface area contributed by atoms with E-state index in [0.717, 1.165) is 38.2 Å². The lowest BCUT2D eigenvalue weighted by atomic mass is 10.2. The maximum atomic E-state index is 11.7. The fourth-order valence-electron chi connectivity index (χ4n) is 2.04. The van der Waals surface area contributed by atoms with Gasteiger partial charge in [0.1, 0.15) is 0 Å². The van der Waals surface area contributed by atoms with Crippen LogP contribution in [0.2, 0.25) is 0 Å². The number of nitrogens with one attached hydrogen (secondary N) is 1. The molecular weight excluding hydrogens is 224 g/mol. The average Bonchev–Trinajstić information content (AvgIpc) is 3.20. The lowest BCUT2D eigenvalue weighted by Crippen LogP contribution is -2.22. The van der Waals surface area contributed by atoms with Gasteiger partial charge in [0.2, 0.25) is 5.91 Å². The van der Waals surface area contributed by atoms with E-state index in [1.165, 1.54) is 5.56 Å². The van der Waals surface area contributed by atoms with Gasteiger partial charge in [0.05, 0.1) is 0 Å². The van der Waals surface area contributed by atoms with Crippen LogP contribution in [0.4, 0.5) is 5.69 Å². The molecule has 3 nitrogen and oxygen atoms in total. The van der Waals surface area contributed by atoms with Crippen LogP contribution >= 0.6 is 0 Å². The van der Waals surface area contributed by atoms with E-state index in [4.69, 9.17) is 0 Å². The lowest BCUT2D eigenvalue weighted by Gasteiger charge is -2.18. The summed E-state index contributed by atoms with van der Waals surface area (Å²) in [5.41, 5.74) is 2.18. The lowest BCUT2D eigenvalue weighted by molar-refractivity contribution is -0.117. The third-order valence-electron chi connectivity index (χ3n) is 3.44. The molecule has 98 valence electrons. The molecule has 0 spiro atoms. The minimum absolute atomic E-state index is 0.176. The Morgan fingerprint density at radius 1 is 1.33 bits per heavy atom. The summed E-state index contributed by atoms with van der Waals surface area (Å²) in [6, 6.07) is 8.18. The largest absolute Gasteiger partial charge is 0.326 e. The Hall–Kier alpha value is -1.35. The van der Waals surface area contributed by atoms with Crippen molar-refractivity contribution < 1.29 is 4.79 Å². The highest BCUT2D eigenvalue weighted by Crippen LogP contribution is 2.30. The van der Waals surface area contributed by atoms with Gasteiger partial charge in [0.15, 0.2) is 0 Å². The maximum Gasteiger partial charge on any atom is 0.227 e. The van der Waals surface area contributed by atoms with Crippen molar-refractivity contribution in [1.29, 1.82) is 0 Å². The Kier molecular flexibility index (Phi) is 4.37. The molecule has 1 N–H and O–H groups in total. The van der Waals surface area contributed by atoms with Gasteiger partial charge in [0.25, 0.3) is 0 Å². The molecule has 1 saturated carbocycles. The van der Waals surface area contributed by atoms with Crippen LogP contribution in [0, 0.1) is 5.92 Å². The van der Waals surface area contributed by atoms with Gasteiger partial charge in [-0.1, -0.05) is 26.0 Å². The van der Waals surface area contributed by atoms with Crippen molar-refractivity contribution >= 4 is 11.6 Å². The SMILES string of the molecule is CCN(CC)Cc1cccc(NC(=O)C2CC2)c1. The van der Waals surface area contributed by atoms with Crippen LogP contribution in [0.15, 0.2) is 24.3 Å². The summed E-state index contributed by atoms with van der Waals surface area (Å²) >= 11 is 0. The van der Waals surface area contributed by atoms with Crippen LogP contribution < -0.4 is 5.32 Å². The van der Waals surface area contributed by atoms with Gasteiger partial charge >= 0.3 is 0 Å². The van der Waals surface area contributed by atoms with Crippen molar-refractivity contribution in [2.24, 2.45) is 5.92 Å². The fraction of sp³-hybridized carbons (Fsp3) is 0.533. The summed E-state index contributed by atoms with van der Waals surface area (Å²) in [6.45, 7) is 7.38. The monoisotopic (exact) mass is 246 g/mol. The van der Waals surface area contributed by atoms with Crippen molar-refractivity contribution in [3.63, 3.8) is 0 Å². The van der Waals surface area contributed by atoms with E-state index in [0.29, 0.717) is 0 Å². The van der Waals surface area contributed by atoms with Gasteiger partial charge in [-0.05, 0) is 43.6 Å². The number of hydrogen-bond donors (Lipinski definition) is 1. The Bertz CT molecular complexity index is 409. The molecular formula is C15H22N2O. The van der Waals surface area contributed by atoms with E-state index in [2.05, 4.69) is 36.2 Å². The average molecular weight is 246 g/mol. The minimum atomic E-state index is 0.176. The molecule has 0 heterocycles. The second-order valence-corrected chi connectivity index (χ2v) is 4.93. The zero-order chi connectivity index (χ0) is 13.0. The summed E-state index contributed by atoms with van der Waals surface area (Å²) < 4.78 is 0. The predicted octanol–water partition coefficient (Wildman–Crippen LogP) is 2.88. The fourth-order valence-corrected chi connectivity index (χ4v) is 2.04. The number of benzene rings is 1. The van der Waals surface area contributed by atoms with Gasteiger partial charge in [-0.25, -0.2) is 0 Å². The molecule has 0 saturated heterocycles. The summed E-state index contributed by atoms with van der Waals surface area (Å²) in [5.74, 6) is 0.437. The van der Waals surface area contributed by atoms with Gasteiger partial charge in [0, 0.05) is 18.2 Å². The number of carbonyl (C=O) groups is 1. The summed E-state index contributed by atoms with van der Waals surface area (Å²) in [7, 11) is 0. The van der Waals surface area contributed by atoms with E-state index < -0.39 is 0 Å². The number of hydrogen-bond acceptors (Lipinski definition) is 2. The number of nitrogens with zero attached hydrogens (tertiary/aromatic N) is 1. The molecule has 1 aromatic rings. The zero-order valence-corrected chi connectivity index (χ0v) is 11.3. The quantitative estimate of drug-likeness (QED) is 0.837. The number of anilines is 1. The number of amides is 1. The van der Waals surface area contributed by atoms with Crippen molar-refractivity contribution in [2.45, 2.75) is 33.2 Å².